The van der Waals surface area contributed by atoms with Crippen LogP contribution in [0.1, 0.15) is 46.1 Å². The van der Waals surface area contributed by atoms with E-state index in [2.05, 4.69) is 40.3 Å². The van der Waals surface area contributed by atoms with Crippen LogP contribution in [0.3, 0.4) is 0 Å². The van der Waals surface area contributed by atoms with E-state index in [0.717, 1.165) is 24.1 Å². The molecule has 6 heteroatoms. The number of anilines is 1. The minimum absolute atomic E-state index is 0.188. The summed E-state index contributed by atoms with van der Waals surface area (Å²) in [6, 6.07) is 19.9. The summed E-state index contributed by atoms with van der Waals surface area (Å²) in [6.07, 6.45) is 6.73. The Hall–Kier alpha value is -3.38. The Kier molecular flexibility index (Phi) is 5.03. The van der Waals surface area contributed by atoms with Crippen LogP contribution in [-0.2, 0) is 19.4 Å². The molecule has 0 bridgehead atoms. The van der Waals surface area contributed by atoms with Crippen molar-refractivity contribution in [3.63, 3.8) is 0 Å². The van der Waals surface area contributed by atoms with Crippen molar-refractivity contribution in [3.05, 3.63) is 106 Å². The van der Waals surface area contributed by atoms with Crippen LogP contribution in [0.2, 0.25) is 0 Å². The molecule has 1 aliphatic carbocycles. The average molecular weight is 458 g/mol. The molecule has 33 heavy (non-hydrogen) atoms. The number of halogens is 1. The van der Waals surface area contributed by atoms with Crippen LogP contribution in [0.5, 0.6) is 0 Å². The Morgan fingerprint density at radius 3 is 2.55 bits per heavy atom. The lowest BCUT2D eigenvalue weighted by Crippen LogP contribution is -2.38. The normalized spacial score (nSPS) is 17.0. The molecule has 0 unspecified atom stereocenters. The number of amides is 2. The lowest BCUT2D eigenvalue weighted by atomic mass is 9.95. The van der Waals surface area contributed by atoms with Crippen molar-refractivity contribution in [2.45, 2.75) is 38.3 Å². The molecule has 0 radical (unpaired) electrons. The number of hydrogen-bond donors (Lipinski definition) is 1. The molecule has 166 valence electrons. The molecule has 2 aromatic heterocycles. The van der Waals surface area contributed by atoms with E-state index in [1.807, 2.05) is 34.4 Å². The first-order valence-corrected chi connectivity index (χ1v) is 12.2. The fraction of sp³-hybridized carbons (Fsp3) is 0.222. The Morgan fingerprint density at radius 2 is 1.73 bits per heavy atom. The SMILES string of the molecule is O=C(Nc1ccc(F)cc1)N1Cc2c(sc3c2CCCC3)-n2cccc2[C@H]1c1ccccc1. The number of urea groups is 1. The smallest absolute Gasteiger partial charge is 0.310 e. The first-order valence-electron chi connectivity index (χ1n) is 11.4. The van der Waals surface area contributed by atoms with Gasteiger partial charge in [0.25, 0.3) is 0 Å². The molecule has 1 N–H and O–H groups in total. The fourth-order valence-electron chi connectivity index (χ4n) is 5.10. The Bertz CT molecular complexity index is 1310. The minimum Gasteiger partial charge on any atom is -0.310 e. The lowest BCUT2D eigenvalue weighted by Gasteiger charge is -2.31. The van der Waals surface area contributed by atoms with Crippen LogP contribution >= 0.6 is 11.3 Å². The number of benzene rings is 2. The van der Waals surface area contributed by atoms with Gasteiger partial charge in [-0.15, -0.1) is 11.3 Å². The summed E-state index contributed by atoms with van der Waals surface area (Å²) in [5, 5.41) is 4.24. The first-order chi connectivity index (χ1) is 16.2. The van der Waals surface area contributed by atoms with E-state index < -0.39 is 0 Å². The molecule has 3 heterocycles. The number of hydrogen-bond acceptors (Lipinski definition) is 2. The monoisotopic (exact) mass is 457 g/mol. The van der Waals surface area contributed by atoms with Gasteiger partial charge in [0, 0.05) is 22.3 Å². The summed E-state index contributed by atoms with van der Waals surface area (Å²) < 4.78 is 15.7. The van der Waals surface area contributed by atoms with Crippen LogP contribution < -0.4 is 5.32 Å². The molecule has 4 nitrogen and oxygen atoms in total. The lowest BCUT2D eigenvalue weighted by molar-refractivity contribution is 0.194. The van der Waals surface area contributed by atoms with E-state index >= 15 is 0 Å². The number of fused-ring (bicyclic) bond motifs is 5. The fourth-order valence-corrected chi connectivity index (χ4v) is 6.51. The quantitative estimate of drug-likeness (QED) is 0.358. The molecule has 2 aliphatic rings. The second kappa shape index (κ2) is 8.19. The van der Waals surface area contributed by atoms with Crippen molar-refractivity contribution in [2.75, 3.05) is 5.32 Å². The van der Waals surface area contributed by atoms with Crippen LogP contribution in [0.4, 0.5) is 14.9 Å². The van der Waals surface area contributed by atoms with Gasteiger partial charge in [-0.3, -0.25) is 0 Å². The van der Waals surface area contributed by atoms with E-state index in [0.29, 0.717) is 12.2 Å². The van der Waals surface area contributed by atoms with Gasteiger partial charge in [0.1, 0.15) is 10.8 Å². The van der Waals surface area contributed by atoms with Crippen molar-refractivity contribution >= 4 is 23.1 Å². The van der Waals surface area contributed by atoms with Crippen molar-refractivity contribution in [1.82, 2.24) is 9.47 Å². The van der Waals surface area contributed by atoms with Gasteiger partial charge in [-0.1, -0.05) is 30.3 Å². The van der Waals surface area contributed by atoms with Gasteiger partial charge < -0.3 is 14.8 Å². The molecule has 2 aromatic carbocycles. The molecule has 0 fully saturated rings. The highest BCUT2D eigenvalue weighted by atomic mass is 32.1. The molecule has 1 atom stereocenters. The summed E-state index contributed by atoms with van der Waals surface area (Å²) in [7, 11) is 0. The predicted molar refractivity (Wildman–Crippen MR) is 130 cm³/mol. The predicted octanol–water partition coefficient (Wildman–Crippen LogP) is 6.69. The third-order valence-corrected chi connectivity index (χ3v) is 7.98. The van der Waals surface area contributed by atoms with Crippen molar-refractivity contribution in [3.8, 4) is 5.00 Å². The highest BCUT2D eigenvalue weighted by Crippen LogP contribution is 2.44. The van der Waals surface area contributed by atoms with E-state index in [1.54, 1.807) is 12.1 Å². The molecule has 6 rings (SSSR count). The highest BCUT2D eigenvalue weighted by molar-refractivity contribution is 7.15. The second-order valence-corrected chi connectivity index (χ2v) is 9.76. The number of thiophene rings is 1. The number of nitrogens with zero attached hydrogens (tertiary/aromatic N) is 2. The number of aryl methyl sites for hydroxylation is 1. The maximum absolute atomic E-state index is 13.7. The highest BCUT2D eigenvalue weighted by Gasteiger charge is 2.36. The Labute approximate surface area is 196 Å². The summed E-state index contributed by atoms with van der Waals surface area (Å²) in [5.74, 6) is -0.322. The maximum Gasteiger partial charge on any atom is 0.322 e. The van der Waals surface area contributed by atoms with E-state index in [4.69, 9.17) is 0 Å². The third-order valence-electron chi connectivity index (χ3n) is 6.65. The standard InChI is InChI=1S/C27H24FN3OS/c28-19-12-14-20(15-13-19)29-27(32)31-17-22-21-9-4-5-11-24(21)33-26(22)30-16-6-10-23(30)25(31)18-7-2-1-3-8-18/h1-3,6-8,10,12-16,25H,4-5,9,11,17H2,(H,29,32)/t25-/m1/s1. The summed E-state index contributed by atoms with van der Waals surface area (Å²) in [5.41, 5.74) is 5.41. The zero-order valence-corrected chi connectivity index (χ0v) is 18.9. The Morgan fingerprint density at radius 1 is 0.939 bits per heavy atom. The van der Waals surface area contributed by atoms with Crippen LogP contribution in [0.25, 0.3) is 5.00 Å². The van der Waals surface area contributed by atoms with Gasteiger partial charge in [-0.2, -0.15) is 0 Å². The van der Waals surface area contributed by atoms with Gasteiger partial charge >= 0.3 is 6.03 Å². The first kappa shape index (κ1) is 20.2. The number of rotatable bonds is 2. The molecular weight excluding hydrogens is 433 g/mol. The zero-order chi connectivity index (χ0) is 22.4. The largest absolute Gasteiger partial charge is 0.322 e. The second-order valence-electron chi connectivity index (χ2n) is 8.68. The zero-order valence-electron chi connectivity index (χ0n) is 18.1. The van der Waals surface area contributed by atoms with Gasteiger partial charge in [0.2, 0.25) is 0 Å². The van der Waals surface area contributed by atoms with Crippen molar-refractivity contribution in [1.29, 1.82) is 0 Å². The van der Waals surface area contributed by atoms with Gasteiger partial charge in [-0.25, -0.2) is 9.18 Å². The van der Waals surface area contributed by atoms with Crippen molar-refractivity contribution in [2.24, 2.45) is 0 Å². The molecular formula is C27H24FN3OS. The third kappa shape index (κ3) is 3.55. The molecule has 0 spiro atoms. The molecule has 0 saturated carbocycles. The topological polar surface area (TPSA) is 37.3 Å². The summed E-state index contributed by atoms with van der Waals surface area (Å²) in [6.45, 7) is 0.537. The van der Waals surface area contributed by atoms with E-state index in [9.17, 15) is 9.18 Å². The van der Waals surface area contributed by atoms with Gasteiger partial charge in [0.05, 0.1) is 18.3 Å². The van der Waals surface area contributed by atoms with E-state index in [-0.39, 0.29) is 17.9 Å². The average Bonchev–Trinajstić information content (AvgIpc) is 3.43. The van der Waals surface area contributed by atoms with Crippen LogP contribution in [0, 0.1) is 5.82 Å². The summed E-state index contributed by atoms with van der Waals surface area (Å²) >= 11 is 1.88. The number of carbonyl (C=O) groups excluding carboxylic acids is 1. The Balaban J connectivity index is 1.49. The van der Waals surface area contributed by atoms with Gasteiger partial charge in [-0.05, 0) is 73.2 Å². The van der Waals surface area contributed by atoms with E-state index in [1.165, 1.54) is 46.0 Å². The van der Waals surface area contributed by atoms with Crippen LogP contribution in [0.15, 0.2) is 72.9 Å². The molecule has 4 aromatic rings. The van der Waals surface area contributed by atoms with Crippen molar-refractivity contribution < 1.29 is 9.18 Å². The number of nitrogens with one attached hydrogen (secondary N) is 1. The minimum atomic E-state index is -0.322. The molecule has 0 saturated heterocycles. The maximum atomic E-state index is 13.7. The van der Waals surface area contributed by atoms with Crippen LogP contribution in [-0.4, -0.2) is 15.5 Å². The summed E-state index contributed by atoms with van der Waals surface area (Å²) in [4.78, 5) is 17.1. The molecule has 1 aliphatic heterocycles. The number of carbonyl (C=O) groups is 1. The molecule has 2 amide bonds. The van der Waals surface area contributed by atoms with Gasteiger partial charge in [0.15, 0.2) is 0 Å². The number of aromatic nitrogens is 1.